The number of benzene rings is 2. The number of pyridine rings is 1. The second kappa shape index (κ2) is 9.66. The summed E-state index contributed by atoms with van der Waals surface area (Å²) in [6.07, 6.45) is -3.79. The molecule has 0 saturated carbocycles. The molecule has 1 aliphatic heterocycles. The minimum absolute atomic E-state index is 0.0173. The topological polar surface area (TPSA) is 108 Å². The summed E-state index contributed by atoms with van der Waals surface area (Å²) in [5, 5.41) is 14.8. The predicted molar refractivity (Wildman–Crippen MR) is 130 cm³/mol. The molecule has 3 N–H and O–H groups in total. The molecule has 0 aliphatic carbocycles. The molecule has 0 spiro atoms. The Balaban J connectivity index is 1.98. The van der Waals surface area contributed by atoms with Crippen molar-refractivity contribution in [3.05, 3.63) is 57.7 Å². The number of aromatic nitrogens is 1. The van der Waals surface area contributed by atoms with E-state index in [9.17, 15) is 31.5 Å². The molecule has 1 atom stereocenters. The van der Waals surface area contributed by atoms with Crippen LogP contribution in [-0.4, -0.2) is 47.9 Å². The second-order valence-electron chi connectivity index (χ2n) is 7.51. The van der Waals surface area contributed by atoms with Gasteiger partial charge in [-0.25, -0.2) is 13.2 Å². The van der Waals surface area contributed by atoms with Gasteiger partial charge in [-0.1, -0.05) is 23.2 Å². The molecular weight excluding hydrogens is 550 g/mol. The number of halogens is 5. The van der Waals surface area contributed by atoms with E-state index in [2.05, 4.69) is 15.6 Å². The van der Waals surface area contributed by atoms with Gasteiger partial charge in [0.25, 0.3) is 0 Å². The summed E-state index contributed by atoms with van der Waals surface area (Å²) in [6, 6.07) is 5.58. The number of nitrogens with zero attached hydrogens (tertiary/aromatic N) is 1. The number of aromatic carboxylic acids is 1. The molecule has 7 nitrogen and oxygen atoms in total. The average molecular weight is 566 g/mol. The van der Waals surface area contributed by atoms with E-state index in [-0.39, 0.29) is 44.3 Å². The van der Waals surface area contributed by atoms with E-state index < -0.39 is 37.2 Å². The fraction of sp³-hybridized carbons (Fsp3) is 0.238. The van der Waals surface area contributed by atoms with Crippen molar-refractivity contribution in [2.45, 2.75) is 15.7 Å². The molecule has 14 heteroatoms. The summed E-state index contributed by atoms with van der Waals surface area (Å²) in [5.41, 5.74) is -1.73. The van der Waals surface area contributed by atoms with Gasteiger partial charge in [0.1, 0.15) is 9.48 Å². The van der Waals surface area contributed by atoms with Crippen molar-refractivity contribution in [2.24, 2.45) is 0 Å². The second-order valence-corrected chi connectivity index (χ2v) is 12.1. The molecule has 186 valence electrons. The lowest BCUT2D eigenvalue weighted by atomic mass is 10.1. The van der Waals surface area contributed by atoms with Gasteiger partial charge in [-0.15, -0.1) is 11.8 Å². The van der Waals surface area contributed by atoms with Gasteiger partial charge < -0.3 is 15.7 Å². The van der Waals surface area contributed by atoms with E-state index >= 15 is 0 Å². The van der Waals surface area contributed by atoms with E-state index in [1.807, 2.05) is 0 Å². The Kier molecular flexibility index (Phi) is 7.13. The third-order valence-electron chi connectivity index (χ3n) is 5.25. The van der Waals surface area contributed by atoms with Crippen LogP contribution in [0.25, 0.3) is 10.9 Å². The summed E-state index contributed by atoms with van der Waals surface area (Å²) in [5.74, 6) is -0.809. The molecule has 1 unspecified atom stereocenters. The van der Waals surface area contributed by atoms with Gasteiger partial charge in [0.2, 0.25) is 0 Å². The van der Waals surface area contributed by atoms with Crippen molar-refractivity contribution >= 4 is 73.0 Å². The van der Waals surface area contributed by atoms with Crippen LogP contribution in [0.15, 0.2) is 41.4 Å². The molecule has 1 fully saturated rings. The standard InChI is InChI=1S/C21H16Cl2F3N3O4S2/c22-10-1-2-15(12(5-10)20(30)31)29-19-11-6-14(23)13(21(24,25)26)7-16(11)28-8-17(19)35(32,33)18-9-27-3-4-34-18/h1-2,5-8,18,27H,3-4,9H2,(H,28,29)(H,30,31). The molecule has 0 bridgehead atoms. The first-order valence-electron chi connectivity index (χ1n) is 9.95. The van der Waals surface area contributed by atoms with Crippen molar-refractivity contribution < 1.29 is 31.5 Å². The van der Waals surface area contributed by atoms with E-state index in [1.54, 1.807) is 0 Å². The van der Waals surface area contributed by atoms with Crippen LogP contribution in [-0.2, 0) is 16.0 Å². The smallest absolute Gasteiger partial charge is 0.417 e. The predicted octanol–water partition coefficient (Wildman–Crippen LogP) is 5.44. The van der Waals surface area contributed by atoms with Crippen LogP contribution in [0.3, 0.4) is 0 Å². The monoisotopic (exact) mass is 565 g/mol. The number of fused-ring (bicyclic) bond motifs is 1. The summed E-state index contributed by atoms with van der Waals surface area (Å²) in [4.78, 5) is 15.5. The first-order valence-corrected chi connectivity index (χ1v) is 13.3. The van der Waals surface area contributed by atoms with Gasteiger partial charge in [-0.05, 0) is 30.3 Å². The van der Waals surface area contributed by atoms with Gasteiger partial charge in [0, 0.05) is 35.4 Å². The van der Waals surface area contributed by atoms with Gasteiger partial charge in [0.15, 0.2) is 9.84 Å². The molecule has 1 aromatic heterocycles. The molecule has 1 saturated heterocycles. The zero-order valence-electron chi connectivity index (χ0n) is 17.5. The summed E-state index contributed by atoms with van der Waals surface area (Å²) >= 11 is 13.1. The highest BCUT2D eigenvalue weighted by molar-refractivity contribution is 8.13. The van der Waals surface area contributed by atoms with Gasteiger partial charge >= 0.3 is 12.1 Å². The Morgan fingerprint density at radius 2 is 1.97 bits per heavy atom. The lowest BCUT2D eigenvalue weighted by Gasteiger charge is -2.24. The van der Waals surface area contributed by atoms with Crippen LogP contribution >= 0.6 is 35.0 Å². The lowest BCUT2D eigenvalue weighted by molar-refractivity contribution is -0.137. The van der Waals surface area contributed by atoms with Crippen molar-refractivity contribution in [1.82, 2.24) is 10.3 Å². The first kappa shape index (κ1) is 25.8. The Morgan fingerprint density at radius 3 is 2.60 bits per heavy atom. The number of alkyl halides is 3. The Labute approximate surface area is 211 Å². The largest absolute Gasteiger partial charge is 0.478 e. The normalized spacial score (nSPS) is 16.9. The lowest BCUT2D eigenvalue weighted by Crippen LogP contribution is -2.37. The maximum Gasteiger partial charge on any atom is 0.417 e. The molecule has 2 heterocycles. The van der Waals surface area contributed by atoms with Gasteiger partial charge in [-0.3, -0.25) is 4.98 Å². The van der Waals surface area contributed by atoms with Crippen molar-refractivity contribution in [1.29, 1.82) is 0 Å². The molecule has 0 radical (unpaired) electrons. The number of anilines is 2. The number of nitrogens with one attached hydrogen (secondary N) is 2. The van der Waals surface area contributed by atoms with E-state index in [4.69, 9.17) is 23.2 Å². The molecular formula is C21H16Cl2F3N3O4S2. The van der Waals surface area contributed by atoms with Crippen molar-refractivity contribution in [2.75, 3.05) is 24.2 Å². The zero-order chi connectivity index (χ0) is 25.5. The first-order chi connectivity index (χ1) is 16.4. The van der Waals surface area contributed by atoms with Crippen LogP contribution in [0, 0.1) is 0 Å². The SMILES string of the molecule is O=C(O)c1cc(Cl)ccc1Nc1c(S(=O)(=O)C2CNCCS2)cnc2cc(C(F)(F)F)c(Cl)cc12. The third kappa shape index (κ3) is 5.17. The number of hydrogen-bond donors (Lipinski definition) is 3. The third-order valence-corrected chi connectivity index (χ3v) is 9.72. The molecule has 1 aliphatic rings. The van der Waals surface area contributed by atoms with Crippen LogP contribution in [0.5, 0.6) is 0 Å². The highest BCUT2D eigenvalue weighted by Gasteiger charge is 2.36. The fourth-order valence-electron chi connectivity index (χ4n) is 3.58. The minimum atomic E-state index is -4.76. The maximum atomic E-state index is 13.5. The quantitative estimate of drug-likeness (QED) is 0.375. The Bertz CT molecular complexity index is 1430. The van der Waals surface area contributed by atoms with E-state index in [0.29, 0.717) is 12.3 Å². The summed E-state index contributed by atoms with van der Waals surface area (Å²) < 4.78 is 66.4. The number of sulfone groups is 1. The summed E-state index contributed by atoms with van der Waals surface area (Å²) in [6.45, 7) is 0.778. The Hall–Kier alpha value is -2.25. The zero-order valence-corrected chi connectivity index (χ0v) is 20.6. The maximum absolute atomic E-state index is 13.5. The van der Waals surface area contributed by atoms with Crippen LogP contribution in [0.2, 0.25) is 10.0 Å². The van der Waals surface area contributed by atoms with E-state index in [1.165, 1.54) is 30.0 Å². The fourth-order valence-corrected chi connectivity index (χ4v) is 7.36. The van der Waals surface area contributed by atoms with Crippen LogP contribution in [0.4, 0.5) is 24.5 Å². The van der Waals surface area contributed by atoms with Crippen LogP contribution in [0.1, 0.15) is 15.9 Å². The number of carboxylic acid groups (broad SMARTS) is 1. The number of rotatable bonds is 5. The van der Waals surface area contributed by atoms with E-state index in [0.717, 1.165) is 18.3 Å². The van der Waals surface area contributed by atoms with Crippen LogP contribution < -0.4 is 10.6 Å². The molecule has 0 amide bonds. The highest BCUT2D eigenvalue weighted by atomic mass is 35.5. The molecule has 2 aromatic carbocycles. The summed E-state index contributed by atoms with van der Waals surface area (Å²) in [7, 11) is -4.06. The van der Waals surface area contributed by atoms with Gasteiger partial charge in [0.05, 0.1) is 33.0 Å². The number of carboxylic acids is 1. The number of carbonyl (C=O) groups is 1. The minimum Gasteiger partial charge on any atom is -0.478 e. The number of thioether (sulfide) groups is 1. The van der Waals surface area contributed by atoms with Crippen molar-refractivity contribution in [3.8, 4) is 0 Å². The molecule has 35 heavy (non-hydrogen) atoms. The number of hydrogen-bond acceptors (Lipinski definition) is 7. The highest BCUT2D eigenvalue weighted by Crippen LogP contribution is 2.42. The Morgan fingerprint density at radius 1 is 1.23 bits per heavy atom. The molecule has 3 aromatic rings. The molecule has 4 rings (SSSR count). The van der Waals surface area contributed by atoms with Crippen molar-refractivity contribution in [3.63, 3.8) is 0 Å². The average Bonchev–Trinajstić information content (AvgIpc) is 2.79. The van der Waals surface area contributed by atoms with Gasteiger partial charge in [-0.2, -0.15) is 13.2 Å².